The summed E-state index contributed by atoms with van der Waals surface area (Å²) < 4.78 is 5.40. The molecule has 0 aromatic rings. The van der Waals surface area contributed by atoms with Crippen LogP contribution in [-0.2, 0) is 4.74 Å². The standard InChI is InChI=1S/C7H15NO/c1-5(2)7-3-6(8)4-9-7/h5-7H,3-4,8H2,1-2H3/t6-,7-/m1/s1. The van der Waals surface area contributed by atoms with Crippen LogP contribution < -0.4 is 5.73 Å². The van der Waals surface area contributed by atoms with Crippen molar-refractivity contribution in [2.24, 2.45) is 11.7 Å². The normalized spacial score (nSPS) is 36.0. The number of hydrogen-bond donors (Lipinski definition) is 1. The lowest BCUT2D eigenvalue weighted by atomic mass is 10.0. The highest BCUT2D eigenvalue weighted by atomic mass is 16.5. The monoisotopic (exact) mass is 129 g/mol. The SMILES string of the molecule is CC(C)[C@H]1C[C@@H](N)CO1. The van der Waals surface area contributed by atoms with Crippen LogP contribution >= 0.6 is 0 Å². The van der Waals surface area contributed by atoms with E-state index in [1.54, 1.807) is 0 Å². The second-order valence-electron chi connectivity index (χ2n) is 3.11. The first-order valence-corrected chi connectivity index (χ1v) is 3.57. The molecule has 1 heterocycles. The highest BCUT2D eigenvalue weighted by Gasteiger charge is 2.24. The van der Waals surface area contributed by atoms with Gasteiger partial charge in [-0.1, -0.05) is 13.8 Å². The fraction of sp³-hybridized carbons (Fsp3) is 1.00. The van der Waals surface area contributed by atoms with Gasteiger partial charge in [-0.15, -0.1) is 0 Å². The van der Waals surface area contributed by atoms with E-state index >= 15 is 0 Å². The Morgan fingerprint density at radius 2 is 2.22 bits per heavy atom. The molecule has 9 heavy (non-hydrogen) atoms. The Hall–Kier alpha value is -0.0800. The van der Waals surface area contributed by atoms with Crippen LogP contribution in [0.2, 0.25) is 0 Å². The van der Waals surface area contributed by atoms with Gasteiger partial charge >= 0.3 is 0 Å². The van der Waals surface area contributed by atoms with Crippen LogP contribution in [0.25, 0.3) is 0 Å². The van der Waals surface area contributed by atoms with Crippen LogP contribution in [0.4, 0.5) is 0 Å². The molecule has 0 unspecified atom stereocenters. The maximum Gasteiger partial charge on any atom is 0.0622 e. The molecular weight excluding hydrogens is 114 g/mol. The largest absolute Gasteiger partial charge is 0.376 e. The molecular formula is C7H15NO. The summed E-state index contributed by atoms with van der Waals surface area (Å²) in [6, 6.07) is 0.289. The molecule has 1 saturated heterocycles. The van der Waals surface area contributed by atoms with E-state index in [1.807, 2.05) is 0 Å². The average Bonchev–Trinajstić information content (AvgIpc) is 2.14. The lowest BCUT2D eigenvalue weighted by Gasteiger charge is -2.11. The summed E-state index contributed by atoms with van der Waals surface area (Å²) in [7, 11) is 0. The minimum atomic E-state index is 0.289. The molecule has 0 radical (unpaired) electrons. The molecule has 1 aliphatic heterocycles. The van der Waals surface area contributed by atoms with E-state index in [0.717, 1.165) is 13.0 Å². The molecule has 0 aromatic carbocycles. The van der Waals surface area contributed by atoms with Crippen molar-refractivity contribution in [1.82, 2.24) is 0 Å². The Morgan fingerprint density at radius 3 is 2.44 bits per heavy atom. The third-order valence-corrected chi connectivity index (χ3v) is 1.80. The molecule has 1 fully saturated rings. The molecule has 1 aliphatic rings. The van der Waals surface area contributed by atoms with Gasteiger partial charge in [0.15, 0.2) is 0 Å². The molecule has 0 bridgehead atoms. The summed E-state index contributed by atoms with van der Waals surface area (Å²) in [6.45, 7) is 5.09. The first-order chi connectivity index (χ1) is 4.20. The average molecular weight is 129 g/mol. The second-order valence-corrected chi connectivity index (χ2v) is 3.11. The van der Waals surface area contributed by atoms with E-state index in [1.165, 1.54) is 0 Å². The highest BCUT2D eigenvalue weighted by molar-refractivity contribution is 4.77. The minimum Gasteiger partial charge on any atom is -0.376 e. The van der Waals surface area contributed by atoms with Crippen molar-refractivity contribution in [3.8, 4) is 0 Å². The maximum atomic E-state index is 5.64. The van der Waals surface area contributed by atoms with Gasteiger partial charge in [0.05, 0.1) is 12.7 Å². The van der Waals surface area contributed by atoms with Crippen LogP contribution in [0, 0.1) is 5.92 Å². The summed E-state index contributed by atoms with van der Waals surface area (Å²) in [5.74, 6) is 0.624. The Morgan fingerprint density at radius 1 is 1.56 bits per heavy atom. The number of ether oxygens (including phenoxy) is 1. The molecule has 0 amide bonds. The van der Waals surface area contributed by atoms with E-state index in [0.29, 0.717) is 12.0 Å². The van der Waals surface area contributed by atoms with E-state index < -0.39 is 0 Å². The number of hydrogen-bond acceptors (Lipinski definition) is 2. The Labute approximate surface area is 56.4 Å². The zero-order valence-electron chi connectivity index (χ0n) is 6.13. The smallest absolute Gasteiger partial charge is 0.0622 e. The third-order valence-electron chi connectivity index (χ3n) is 1.80. The third kappa shape index (κ3) is 1.66. The summed E-state index contributed by atoms with van der Waals surface area (Å²) >= 11 is 0. The fourth-order valence-electron chi connectivity index (χ4n) is 1.15. The molecule has 0 saturated carbocycles. The summed E-state index contributed by atoms with van der Waals surface area (Å²) in [6.07, 6.45) is 1.46. The van der Waals surface area contributed by atoms with Gasteiger partial charge < -0.3 is 10.5 Å². The van der Waals surface area contributed by atoms with Crippen molar-refractivity contribution in [3.63, 3.8) is 0 Å². The van der Waals surface area contributed by atoms with E-state index in [-0.39, 0.29) is 6.04 Å². The van der Waals surface area contributed by atoms with Gasteiger partial charge in [0, 0.05) is 6.04 Å². The van der Waals surface area contributed by atoms with Crippen molar-refractivity contribution in [3.05, 3.63) is 0 Å². The van der Waals surface area contributed by atoms with E-state index in [4.69, 9.17) is 10.5 Å². The van der Waals surface area contributed by atoms with Crippen molar-refractivity contribution in [1.29, 1.82) is 0 Å². The first-order valence-electron chi connectivity index (χ1n) is 3.57. The van der Waals surface area contributed by atoms with Crippen LogP contribution in [-0.4, -0.2) is 18.8 Å². The molecule has 54 valence electrons. The minimum absolute atomic E-state index is 0.289. The van der Waals surface area contributed by atoms with Crippen LogP contribution in [0.15, 0.2) is 0 Å². The molecule has 2 atom stereocenters. The topological polar surface area (TPSA) is 35.2 Å². The van der Waals surface area contributed by atoms with Gasteiger partial charge in [-0.05, 0) is 12.3 Å². The van der Waals surface area contributed by atoms with Crippen molar-refractivity contribution in [2.45, 2.75) is 32.4 Å². The quantitative estimate of drug-likeness (QED) is 0.567. The number of rotatable bonds is 1. The van der Waals surface area contributed by atoms with Gasteiger partial charge in [-0.2, -0.15) is 0 Å². The fourth-order valence-corrected chi connectivity index (χ4v) is 1.15. The van der Waals surface area contributed by atoms with Gasteiger partial charge in [-0.3, -0.25) is 0 Å². The van der Waals surface area contributed by atoms with E-state index in [9.17, 15) is 0 Å². The Bertz CT molecular complexity index is 92.9. The van der Waals surface area contributed by atoms with E-state index in [2.05, 4.69) is 13.8 Å². The Kier molecular flexibility index (Phi) is 2.09. The predicted molar refractivity (Wildman–Crippen MR) is 37.2 cm³/mol. The van der Waals surface area contributed by atoms with Crippen molar-refractivity contribution >= 4 is 0 Å². The molecule has 0 spiro atoms. The zero-order chi connectivity index (χ0) is 6.85. The summed E-state index contributed by atoms with van der Waals surface area (Å²) in [5.41, 5.74) is 5.64. The molecule has 2 heteroatoms. The zero-order valence-corrected chi connectivity index (χ0v) is 6.13. The van der Waals surface area contributed by atoms with Gasteiger partial charge in [0.25, 0.3) is 0 Å². The second kappa shape index (κ2) is 2.67. The molecule has 1 rings (SSSR count). The molecule has 2 nitrogen and oxygen atoms in total. The molecule has 2 N–H and O–H groups in total. The molecule has 0 aromatic heterocycles. The lowest BCUT2D eigenvalue weighted by Crippen LogP contribution is -2.20. The van der Waals surface area contributed by atoms with Gasteiger partial charge in [0.1, 0.15) is 0 Å². The highest BCUT2D eigenvalue weighted by Crippen LogP contribution is 2.18. The first kappa shape index (κ1) is 7.03. The Balaban J connectivity index is 2.30. The van der Waals surface area contributed by atoms with Crippen LogP contribution in [0.5, 0.6) is 0 Å². The molecule has 0 aliphatic carbocycles. The van der Waals surface area contributed by atoms with Crippen molar-refractivity contribution in [2.75, 3.05) is 6.61 Å². The summed E-state index contributed by atoms with van der Waals surface area (Å²) in [4.78, 5) is 0. The lowest BCUT2D eigenvalue weighted by molar-refractivity contribution is 0.0749. The van der Waals surface area contributed by atoms with Crippen LogP contribution in [0.3, 0.4) is 0 Å². The predicted octanol–water partition coefficient (Wildman–Crippen LogP) is 0.759. The summed E-state index contributed by atoms with van der Waals surface area (Å²) in [5, 5.41) is 0. The van der Waals surface area contributed by atoms with Crippen LogP contribution in [0.1, 0.15) is 20.3 Å². The maximum absolute atomic E-state index is 5.64. The number of nitrogens with two attached hydrogens (primary N) is 1. The van der Waals surface area contributed by atoms with Gasteiger partial charge in [0.2, 0.25) is 0 Å². The van der Waals surface area contributed by atoms with Gasteiger partial charge in [-0.25, -0.2) is 0 Å². The van der Waals surface area contributed by atoms with Crippen molar-refractivity contribution < 1.29 is 4.74 Å².